The highest BCUT2D eigenvalue weighted by Gasteiger charge is 2.07. The molecule has 0 fully saturated rings. The number of halogens is 1. The minimum Gasteiger partial charge on any atom is -0.496 e. The van der Waals surface area contributed by atoms with Gasteiger partial charge in [-0.15, -0.1) is 0 Å². The van der Waals surface area contributed by atoms with Crippen LogP contribution in [0.4, 0.5) is 0 Å². The third kappa shape index (κ3) is 3.44. The van der Waals surface area contributed by atoms with Crippen molar-refractivity contribution >= 4 is 11.6 Å². The summed E-state index contributed by atoms with van der Waals surface area (Å²) in [5.41, 5.74) is 2.87. The molecule has 0 bridgehead atoms. The van der Waals surface area contributed by atoms with E-state index >= 15 is 0 Å². The Morgan fingerprint density at radius 3 is 2.50 bits per heavy atom. The molecule has 0 atom stereocenters. The van der Waals surface area contributed by atoms with Crippen LogP contribution in [0.25, 0.3) is 0 Å². The van der Waals surface area contributed by atoms with Gasteiger partial charge in [-0.2, -0.15) is 0 Å². The second kappa shape index (κ2) is 6.64. The smallest absolute Gasteiger partial charge is 0.138 e. The number of rotatable bonds is 5. The van der Waals surface area contributed by atoms with E-state index in [-0.39, 0.29) is 6.61 Å². The molecule has 0 aromatic heterocycles. The Labute approximate surface area is 123 Å². The lowest BCUT2D eigenvalue weighted by Gasteiger charge is -2.12. The van der Waals surface area contributed by atoms with Crippen LogP contribution >= 0.6 is 11.6 Å². The van der Waals surface area contributed by atoms with Gasteiger partial charge < -0.3 is 14.6 Å². The summed E-state index contributed by atoms with van der Waals surface area (Å²) in [6.07, 6.45) is 0. The summed E-state index contributed by atoms with van der Waals surface area (Å²) in [6.45, 7) is 2.36. The molecule has 0 unspecified atom stereocenters. The second-order valence-corrected chi connectivity index (χ2v) is 4.93. The van der Waals surface area contributed by atoms with E-state index in [1.165, 1.54) is 0 Å². The molecule has 0 amide bonds. The van der Waals surface area contributed by atoms with Crippen molar-refractivity contribution < 1.29 is 14.6 Å². The van der Waals surface area contributed by atoms with Gasteiger partial charge in [0.2, 0.25) is 0 Å². The van der Waals surface area contributed by atoms with Crippen LogP contribution in [0.2, 0.25) is 5.02 Å². The summed E-state index contributed by atoms with van der Waals surface area (Å²) in [7, 11) is 1.64. The first-order chi connectivity index (χ1) is 9.63. The van der Waals surface area contributed by atoms with Crippen LogP contribution in [0.3, 0.4) is 0 Å². The van der Waals surface area contributed by atoms with Gasteiger partial charge in [-0.1, -0.05) is 29.3 Å². The second-order valence-electron chi connectivity index (χ2n) is 4.53. The number of hydrogen-bond acceptors (Lipinski definition) is 3. The van der Waals surface area contributed by atoms with Gasteiger partial charge in [0, 0.05) is 5.56 Å². The number of aliphatic hydroxyl groups is 1. The van der Waals surface area contributed by atoms with Crippen molar-refractivity contribution in [2.75, 3.05) is 7.11 Å². The minimum absolute atomic E-state index is 0.0360. The molecule has 2 rings (SSSR count). The highest BCUT2D eigenvalue weighted by molar-refractivity contribution is 6.32. The van der Waals surface area contributed by atoms with Crippen LogP contribution in [-0.4, -0.2) is 12.2 Å². The van der Waals surface area contributed by atoms with Gasteiger partial charge in [-0.05, 0) is 36.8 Å². The predicted octanol–water partition coefficient (Wildman–Crippen LogP) is 3.73. The molecule has 0 radical (unpaired) electrons. The van der Waals surface area contributed by atoms with E-state index in [9.17, 15) is 0 Å². The van der Waals surface area contributed by atoms with Crippen LogP contribution in [0, 0.1) is 6.92 Å². The molecular formula is C16H17ClO3. The maximum Gasteiger partial charge on any atom is 0.138 e. The molecule has 0 heterocycles. The molecule has 0 saturated heterocycles. The summed E-state index contributed by atoms with van der Waals surface area (Å²) in [5.74, 6) is 1.38. The Balaban J connectivity index is 2.14. The van der Waals surface area contributed by atoms with Gasteiger partial charge in [0.1, 0.15) is 18.1 Å². The Morgan fingerprint density at radius 2 is 1.85 bits per heavy atom. The zero-order valence-electron chi connectivity index (χ0n) is 11.5. The Hall–Kier alpha value is -1.71. The quantitative estimate of drug-likeness (QED) is 0.912. The van der Waals surface area contributed by atoms with Gasteiger partial charge in [0.25, 0.3) is 0 Å². The topological polar surface area (TPSA) is 38.7 Å². The lowest BCUT2D eigenvalue weighted by Crippen LogP contribution is -2.00. The van der Waals surface area contributed by atoms with E-state index in [0.717, 1.165) is 22.4 Å². The fourth-order valence-electron chi connectivity index (χ4n) is 1.94. The molecule has 0 spiro atoms. The van der Waals surface area contributed by atoms with Gasteiger partial charge in [0.05, 0.1) is 18.7 Å². The van der Waals surface area contributed by atoms with E-state index in [4.69, 9.17) is 26.2 Å². The van der Waals surface area contributed by atoms with Gasteiger partial charge in [-0.3, -0.25) is 0 Å². The summed E-state index contributed by atoms with van der Waals surface area (Å²) in [6, 6.07) is 11.2. The summed E-state index contributed by atoms with van der Waals surface area (Å²) < 4.78 is 11.0. The maximum atomic E-state index is 9.04. The van der Waals surface area contributed by atoms with E-state index < -0.39 is 0 Å². The highest BCUT2D eigenvalue weighted by Crippen LogP contribution is 2.28. The van der Waals surface area contributed by atoms with Crippen molar-refractivity contribution in [1.29, 1.82) is 0 Å². The fourth-order valence-corrected chi connectivity index (χ4v) is 2.19. The standard InChI is InChI=1S/C16H17ClO3/c1-11-3-5-15(19-2)13(7-11)10-20-16-6-4-12(9-18)8-14(16)17/h3-8,18H,9-10H2,1-2H3. The number of hydrogen-bond donors (Lipinski definition) is 1. The van der Waals surface area contributed by atoms with E-state index in [0.29, 0.717) is 17.4 Å². The molecule has 4 heteroatoms. The fraction of sp³-hybridized carbons (Fsp3) is 0.250. The van der Waals surface area contributed by atoms with Crippen LogP contribution in [-0.2, 0) is 13.2 Å². The first-order valence-corrected chi connectivity index (χ1v) is 6.67. The molecule has 1 N–H and O–H groups in total. The molecule has 2 aromatic rings. The van der Waals surface area contributed by atoms with Gasteiger partial charge >= 0.3 is 0 Å². The molecule has 0 saturated carbocycles. The van der Waals surface area contributed by atoms with Crippen LogP contribution < -0.4 is 9.47 Å². The monoisotopic (exact) mass is 292 g/mol. The molecule has 0 aliphatic carbocycles. The number of benzene rings is 2. The Bertz CT molecular complexity index is 596. The van der Waals surface area contributed by atoms with Crippen LogP contribution in [0.1, 0.15) is 16.7 Å². The number of methoxy groups -OCH3 is 1. The number of aryl methyl sites for hydroxylation is 1. The average Bonchev–Trinajstić information content (AvgIpc) is 2.46. The lowest BCUT2D eigenvalue weighted by molar-refractivity contribution is 0.280. The number of ether oxygens (including phenoxy) is 2. The van der Waals surface area contributed by atoms with Gasteiger partial charge in [0.15, 0.2) is 0 Å². The first-order valence-electron chi connectivity index (χ1n) is 6.29. The zero-order valence-corrected chi connectivity index (χ0v) is 12.3. The SMILES string of the molecule is COc1ccc(C)cc1COc1ccc(CO)cc1Cl. The van der Waals surface area contributed by atoms with Gasteiger partial charge in [-0.25, -0.2) is 0 Å². The van der Waals surface area contributed by atoms with E-state index in [1.54, 1.807) is 25.3 Å². The molecular weight excluding hydrogens is 276 g/mol. The normalized spacial score (nSPS) is 10.4. The van der Waals surface area contributed by atoms with E-state index in [2.05, 4.69) is 0 Å². The third-order valence-electron chi connectivity index (χ3n) is 3.00. The Morgan fingerprint density at radius 1 is 1.10 bits per heavy atom. The molecule has 20 heavy (non-hydrogen) atoms. The largest absolute Gasteiger partial charge is 0.496 e. The highest BCUT2D eigenvalue weighted by atomic mass is 35.5. The molecule has 106 valence electrons. The first kappa shape index (κ1) is 14.7. The maximum absolute atomic E-state index is 9.04. The van der Waals surface area contributed by atoms with Crippen molar-refractivity contribution in [2.45, 2.75) is 20.1 Å². The lowest BCUT2D eigenvalue weighted by atomic mass is 10.1. The summed E-state index contributed by atoms with van der Waals surface area (Å²) >= 11 is 6.11. The third-order valence-corrected chi connectivity index (χ3v) is 3.29. The average molecular weight is 293 g/mol. The number of aliphatic hydroxyl groups excluding tert-OH is 1. The molecule has 3 nitrogen and oxygen atoms in total. The Kier molecular flexibility index (Phi) is 4.88. The molecule has 0 aliphatic rings. The van der Waals surface area contributed by atoms with Crippen molar-refractivity contribution in [3.05, 3.63) is 58.1 Å². The molecule has 2 aromatic carbocycles. The summed E-state index contributed by atoms with van der Waals surface area (Å²) in [5, 5.41) is 9.53. The predicted molar refractivity (Wildman–Crippen MR) is 79.4 cm³/mol. The summed E-state index contributed by atoms with van der Waals surface area (Å²) in [4.78, 5) is 0. The minimum atomic E-state index is -0.0360. The van der Waals surface area contributed by atoms with Crippen molar-refractivity contribution in [3.63, 3.8) is 0 Å². The zero-order chi connectivity index (χ0) is 14.5. The molecule has 0 aliphatic heterocycles. The van der Waals surface area contributed by atoms with Crippen molar-refractivity contribution in [3.8, 4) is 11.5 Å². The van der Waals surface area contributed by atoms with Crippen molar-refractivity contribution in [1.82, 2.24) is 0 Å². The van der Waals surface area contributed by atoms with Crippen LogP contribution in [0.15, 0.2) is 36.4 Å². The van der Waals surface area contributed by atoms with E-state index in [1.807, 2.05) is 25.1 Å². The van der Waals surface area contributed by atoms with Crippen molar-refractivity contribution in [2.24, 2.45) is 0 Å². The van der Waals surface area contributed by atoms with Crippen LogP contribution in [0.5, 0.6) is 11.5 Å².